The summed E-state index contributed by atoms with van der Waals surface area (Å²) in [7, 11) is -0.884. The summed E-state index contributed by atoms with van der Waals surface area (Å²) < 4.78 is 29.0. The lowest BCUT2D eigenvalue weighted by atomic mass is 10.1. The Balaban J connectivity index is 1.99. The van der Waals surface area contributed by atoms with E-state index < -0.39 is 15.6 Å². The van der Waals surface area contributed by atoms with Crippen molar-refractivity contribution in [2.45, 2.75) is 39.1 Å². The van der Waals surface area contributed by atoms with Gasteiger partial charge in [0.15, 0.2) is 5.78 Å². The highest BCUT2D eigenvalue weighted by atomic mass is 32.2. The molecule has 2 heterocycles. The van der Waals surface area contributed by atoms with Crippen LogP contribution in [0.25, 0.3) is 5.69 Å². The minimum absolute atomic E-state index is 0.0366. The number of ketones is 1. The summed E-state index contributed by atoms with van der Waals surface area (Å²) in [5, 5.41) is 0. The van der Waals surface area contributed by atoms with E-state index in [9.17, 15) is 18.0 Å². The Bertz CT molecular complexity index is 1330. The van der Waals surface area contributed by atoms with Crippen molar-refractivity contribution in [2.24, 2.45) is 0 Å². The molecule has 0 unspecified atom stereocenters. The predicted molar refractivity (Wildman–Crippen MR) is 121 cm³/mol. The van der Waals surface area contributed by atoms with Gasteiger partial charge < -0.3 is 9.13 Å². The van der Waals surface area contributed by atoms with Crippen LogP contribution in [0.5, 0.6) is 0 Å². The van der Waals surface area contributed by atoms with Gasteiger partial charge in [-0.05, 0) is 63.1 Å². The van der Waals surface area contributed by atoms with E-state index in [4.69, 9.17) is 0 Å². The van der Waals surface area contributed by atoms with Crippen LogP contribution in [0.15, 0.2) is 52.3 Å². The van der Waals surface area contributed by atoms with E-state index in [0.29, 0.717) is 5.56 Å². The van der Waals surface area contributed by atoms with E-state index in [1.807, 2.05) is 44.4 Å². The molecule has 0 saturated carbocycles. The molecular formula is C23H27N3O4S. The van der Waals surface area contributed by atoms with Crippen LogP contribution in [-0.2, 0) is 16.6 Å². The summed E-state index contributed by atoms with van der Waals surface area (Å²) in [5.74, 6) is -0.260. The van der Waals surface area contributed by atoms with Gasteiger partial charge in [-0.2, -0.15) is 0 Å². The van der Waals surface area contributed by atoms with Crippen molar-refractivity contribution in [2.75, 3.05) is 14.1 Å². The lowest BCUT2D eigenvalue weighted by Crippen LogP contribution is -2.27. The Morgan fingerprint density at radius 3 is 2.26 bits per heavy atom. The summed E-state index contributed by atoms with van der Waals surface area (Å²) in [4.78, 5) is 25.3. The molecule has 3 rings (SSSR count). The Labute approximate surface area is 182 Å². The molecule has 0 amide bonds. The SMILES string of the molecule is Cc1ccc(-n2c(C)cc(C(=O)Cn3cc(S(=O)(=O)N(C)C)ccc3=O)c2C)cc1C. The van der Waals surface area contributed by atoms with Gasteiger partial charge in [0.1, 0.15) is 0 Å². The smallest absolute Gasteiger partial charge is 0.251 e. The molecule has 1 aromatic carbocycles. The van der Waals surface area contributed by atoms with Gasteiger partial charge >= 0.3 is 0 Å². The zero-order valence-electron chi connectivity index (χ0n) is 18.6. The van der Waals surface area contributed by atoms with Crippen molar-refractivity contribution in [1.29, 1.82) is 0 Å². The molecule has 0 aliphatic heterocycles. The minimum Gasteiger partial charge on any atom is -0.318 e. The second-order valence-corrected chi connectivity index (χ2v) is 10.1. The fraction of sp³-hybridized carbons (Fsp3) is 0.304. The number of sulfonamides is 1. The maximum Gasteiger partial charge on any atom is 0.251 e. The van der Waals surface area contributed by atoms with Gasteiger partial charge in [-0.3, -0.25) is 9.59 Å². The van der Waals surface area contributed by atoms with Crippen molar-refractivity contribution in [3.8, 4) is 5.69 Å². The monoisotopic (exact) mass is 441 g/mol. The van der Waals surface area contributed by atoms with Gasteiger partial charge in [-0.15, -0.1) is 0 Å². The normalized spacial score (nSPS) is 11.8. The number of nitrogens with zero attached hydrogens (tertiary/aromatic N) is 3. The van der Waals surface area contributed by atoms with Gasteiger partial charge in [0.2, 0.25) is 10.0 Å². The summed E-state index contributed by atoms with van der Waals surface area (Å²) in [6, 6.07) is 10.4. The predicted octanol–water partition coefficient (Wildman–Crippen LogP) is 3.01. The zero-order valence-corrected chi connectivity index (χ0v) is 19.4. The molecule has 0 aliphatic rings. The number of hydrogen-bond donors (Lipinski definition) is 0. The first kappa shape index (κ1) is 22.7. The van der Waals surface area contributed by atoms with Crippen LogP contribution >= 0.6 is 0 Å². The summed E-state index contributed by atoms with van der Waals surface area (Å²) in [5.41, 5.74) is 5.06. The third kappa shape index (κ3) is 4.26. The van der Waals surface area contributed by atoms with Crippen molar-refractivity contribution in [3.05, 3.63) is 81.0 Å². The Kier molecular flexibility index (Phi) is 6.07. The molecule has 0 fully saturated rings. The van der Waals surface area contributed by atoms with E-state index in [0.717, 1.165) is 31.5 Å². The van der Waals surface area contributed by atoms with Crippen LogP contribution in [-0.4, -0.2) is 41.7 Å². The number of pyridine rings is 1. The maximum atomic E-state index is 13.1. The molecule has 31 heavy (non-hydrogen) atoms. The Hall–Kier alpha value is -2.97. The highest BCUT2D eigenvalue weighted by Gasteiger charge is 2.21. The lowest BCUT2D eigenvalue weighted by molar-refractivity contribution is 0.0970. The molecule has 0 spiro atoms. The van der Waals surface area contributed by atoms with Crippen molar-refractivity contribution < 1.29 is 13.2 Å². The fourth-order valence-corrected chi connectivity index (χ4v) is 4.47. The standard InChI is InChI=1S/C23H27N3O4S/c1-15-7-8-19(11-16(15)2)26-17(3)12-21(18(26)4)22(27)14-25-13-20(9-10-23(25)28)31(29,30)24(5)6/h7-13H,14H2,1-6H3. The van der Waals surface area contributed by atoms with Gasteiger partial charge in [-0.25, -0.2) is 12.7 Å². The molecule has 8 heteroatoms. The molecule has 3 aromatic rings. The quantitative estimate of drug-likeness (QED) is 0.551. The van der Waals surface area contributed by atoms with Crippen LogP contribution in [0.4, 0.5) is 0 Å². The van der Waals surface area contributed by atoms with E-state index in [1.54, 1.807) is 6.07 Å². The number of carbonyl (C=O) groups excluding carboxylic acids is 1. The number of hydrogen-bond acceptors (Lipinski definition) is 4. The molecule has 164 valence electrons. The number of carbonyl (C=O) groups is 1. The first-order valence-electron chi connectivity index (χ1n) is 9.86. The zero-order chi connectivity index (χ0) is 23.1. The Morgan fingerprint density at radius 1 is 0.968 bits per heavy atom. The maximum absolute atomic E-state index is 13.1. The highest BCUT2D eigenvalue weighted by Crippen LogP contribution is 2.23. The van der Waals surface area contributed by atoms with Gasteiger partial charge in [0.25, 0.3) is 5.56 Å². The van der Waals surface area contributed by atoms with E-state index in [1.165, 1.54) is 38.0 Å². The summed E-state index contributed by atoms with van der Waals surface area (Å²) in [6.45, 7) is 7.64. The highest BCUT2D eigenvalue weighted by molar-refractivity contribution is 7.89. The molecule has 0 atom stereocenters. The Morgan fingerprint density at radius 2 is 1.65 bits per heavy atom. The first-order valence-corrected chi connectivity index (χ1v) is 11.3. The van der Waals surface area contributed by atoms with Gasteiger partial charge in [0.05, 0.1) is 11.4 Å². The second-order valence-electron chi connectivity index (χ2n) is 7.93. The van der Waals surface area contributed by atoms with Crippen molar-refractivity contribution in [1.82, 2.24) is 13.4 Å². The topological polar surface area (TPSA) is 81.4 Å². The number of rotatable bonds is 6. The summed E-state index contributed by atoms with van der Waals surface area (Å²) in [6.07, 6.45) is 1.22. The first-order chi connectivity index (χ1) is 14.4. The van der Waals surface area contributed by atoms with Crippen molar-refractivity contribution >= 4 is 15.8 Å². The molecule has 0 aliphatic carbocycles. The molecular weight excluding hydrogens is 414 g/mol. The molecule has 0 N–H and O–H groups in total. The number of benzene rings is 1. The number of aryl methyl sites for hydroxylation is 3. The largest absolute Gasteiger partial charge is 0.318 e. The van der Waals surface area contributed by atoms with Gasteiger partial charge in [-0.1, -0.05) is 6.07 Å². The van der Waals surface area contributed by atoms with E-state index >= 15 is 0 Å². The molecule has 0 saturated heterocycles. The number of aromatic nitrogens is 2. The summed E-state index contributed by atoms with van der Waals surface area (Å²) >= 11 is 0. The van der Waals surface area contributed by atoms with Crippen LogP contribution < -0.4 is 5.56 Å². The van der Waals surface area contributed by atoms with Crippen molar-refractivity contribution in [3.63, 3.8) is 0 Å². The lowest BCUT2D eigenvalue weighted by Gasteiger charge is -2.13. The van der Waals surface area contributed by atoms with Crippen LogP contribution in [0.3, 0.4) is 0 Å². The van der Waals surface area contributed by atoms with E-state index in [2.05, 4.69) is 6.07 Å². The average molecular weight is 442 g/mol. The minimum atomic E-state index is -3.71. The number of Topliss-reactive ketones (excluding diaryl/α,β-unsaturated/α-hetero) is 1. The van der Waals surface area contributed by atoms with Gasteiger partial charge in [0, 0.05) is 49.0 Å². The average Bonchev–Trinajstić information content (AvgIpc) is 2.99. The second kappa shape index (κ2) is 8.28. The molecule has 7 nitrogen and oxygen atoms in total. The third-order valence-electron chi connectivity index (χ3n) is 5.53. The van der Waals surface area contributed by atoms with Crippen LogP contribution in [0.1, 0.15) is 32.9 Å². The molecule has 2 aromatic heterocycles. The molecule has 0 radical (unpaired) electrons. The van der Waals surface area contributed by atoms with E-state index in [-0.39, 0.29) is 17.2 Å². The van der Waals surface area contributed by atoms with Crippen LogP contribution in [0.2, 0.25) is 0 Å². The third-order valence-corrected chi connectivity index (χ3v) is 7.33. The van der Waals surface area contributed by atoms with Crippen LogP contribution in [0, 0.1) is 27.7 Å². The fourth-order valence-electron chi connectivity index (χ4n) is 3.54. The molecule has 0 bridgehead atoms.